The lowest BCUT2D eigenvalue weighted by Gasteiger charge is -2.16. The van der Waals surface area contributed by atoms with Crippen molar-refractivity contribution in [2.45, 2.75) is 26.9 Å². The Morgan fingerprint density at radius 3 is 2.23 bits per heavy atom. The maximum absolute atomic E-state index is 12.1. The molecule has 6 heteroatoms. The fourth-order valence-electron chi connectivity index (χ4n) is 2.39. The van der Waals surface area contributed by atoms with Crippen LogP contribution in [0.5, 0.6) is 17.2 Å². The van der Waals surface area contributed by atoms with Crippen molar-refractivity contribution in [1.82, 2.24) is 5.32 Å². The Morgan fingerprint density at radius 1 is 1.08 bits per heavy atom. The molecule has 140 valence electrons. The van der Waals surface area contributed by atoms with Gasteiger partial charge in [0.2, 0.25) is 0 Å². The summed E-state index contributed by atoms with van der Waals surface area (Å²) in [5.74, 6) is 1.91. The number of amides is 1. The molecule has 2 aromatic rings. The number of carbonyl (C=O) groups is 1. The molecule has 1 atom stereocenters. The monoisotopic (exact) mass is 377 g/mol. The standard InChI is InChI=1S/C20H24ClNO4/c1-13-11-18(12-14(2)19(13)21)26-15(3)20(23)22-9-10-25-17-7-5-16(24-4)6-8-17/h5-8,11-12,15H,9-10H2,1-4H3,(H,22,23). The van der Waals surface area contributed by atoms with Crippen molar-refractivity contribution in [2.24, 2.45) is 0 Å². The van der Waals surface area contributed by atoms with Crippen LogP contribution in [0.1, 0.15) is 18.1 Å². The maximum Gasteiger partial charge on any atom is 0.260 e. The van der Waals surface area contributed by atoms with Crippen LogP contribution < -0.4 is 19.5 Å². The summed E-state index contributed by atoms with van der Waals surface area (Å²) in [6, 6.07) is 10.9. The lowest BCUT2D eigenvalue weighted by Crippen LogP contribution is -2.38. The molecule has 1 unspecified atom stereocenters. The molecule has 5 nitrogen and oxygen atoms in total. The van der Waals surface area contributed by atoms with Gasteiger partial charge in [-0.25, -0.2) is 0 Å². The summed E-state index contributed by atoms with van der Waals surface area (Å²) < 4.78 is 16.4. The average Bonchev–Trinajstić information content (AvgIpc) is 2.63. The normalized spacial score (nSPS) is 11.6. The zero-order valence-corrected chi connectivity index (χ0v) is 16.2. The van der Waals surface area contributed by atoms with Gasteiger partial charge in [-0.05, 0) is 68.3 Å². The van der Waals surface area contributed by atoms with Crippen LogP contribution in [0.25, 0.3) is 0 Å². The summed E-state index contributed by atoms with van der Waals surface area (Å²) in [6.45, 7) is 6.27. The molecule has 26 heavy (non-hydrogen) atoms. The highest BCUT2D eigenvalue weighted by atomic mass is 35.5. The number of hydrogen-bond donors (Lipinski definition) is 1. The first kappa shape index (κ1) is 19.9. The number of ether oxygens (including phenoxy) is 3. The molecule has 2 rings (SSSR count). The van der Waals surface area contributed by atoms with Crippen LogP contribution in [-0.4, -0.2) is 32.3 Å². The van der Waals surface area contributed by atoms with E-state index >= 15 is 0 Å². The van der Waals surface area contributed by atoms with Crippen molar-refractivity contribution in [1.29, 1.82) is 0 Å². The predicted octanol–water partition coefficient (Wildman–Crippen LogP) is 3.93. The van der Waals surface area contributed by atoms with Crippen molar-refractivity contribution in [3.63, 3.8) is 0 Å². The minimum Gasteiger partial charge on any atom is -0.497 e. The molecule has 1 N–H and O–H groups in total. The van der Waals surface area contributed by atoms with Gasteiger partial charge in [0.15, 0.2) is 6.10 Å². The van der Waals surface area contributed by atoms with E-state index in [1.54, 1.807) is 14.0 Å². The SMILES string of the molecule is COc1ccc(OCCNC(=O)C(C)Oc2cc(C)c(Cl)c(C)c2)cc1. The summed E-state index contributed by atoms with van der Waals surface area (Å²) in [6.07, 6.45) is -0.615. The quantitative estimate of drug-likeness (QED) is 0.708. The number of nitrogens with one attached hydrogen (secondary N) is 1. The molecular weight excluding hydrogens is 354 g/mol. The number of carbonyl (C=O) groups excluding carboxylic acids is 1. The molecule has 0 aliphatic carbocycles. The second-order valence-electron chi connectivity index (χ2n) is 5.95. The smallest absolute Gasteiger partial charge is 0.260 e. The van der Waals surface area contributed by atoms with E-state index in [1.165, 1.54) is 0 Å². The minimum atomic E-state index is -0.615. The van der Waals surface area contributed by atoms with Crippen molar-refractivity contribution in [3.8, 4) is 17.2 Å². The summed E-state index contributed by atoms with van der Waals surface area (Å²) in [4.78, 5) is 12.1. The first-order chi connectivity index (χ1) is 12.4. The molecule has 0 spiro atoms. The van der Waals surface area contributed by atoms with Crippen molar-refractivity contribution >= 4 is 17.5 Å². The van der Waals surface area contributed by atoms with Crippen LogP contribution in [0, 0.1) is 13.8 Å². The Morgan fingerprint density at radius 2 is 1.65 bits per heavy atom. The summed E-state index contributed by atoms with van der Waals surface area (Å²) in [5.41, 5.74) is 1.84. The third kappa shape index (κ3) is 5.56. The van der Waals surface area contributed by atoms with Crippen molar-refractivity contribution in [2.75, 3.05) is 20.3 Å². The van der Waals surface area contributed by atoms with Gasteiger partial charge in [-0.2, -0.15) is 0 Å². The van der Waals surface area contributed by atoms with Gasteiger partial charge >= 0.3 is 0 Å². The van der Waals surface area contributed by atoms with Crippen LogP contribution in [-0.2, 0) is 4.79 Å². The van der Waals surface area contributed by atoms with Gasteiger partial charge in [0.25, 0.3) is 5.91 Å². The molecule has 0 heterocycles. The number of methoxy groups -OCH3 is 1. The zero-order chi connectivity index (χ0) is 19.1. The van der Waals surface area contributed by atoms with Gasteiger partial charge in [-0.3, -0.25) is 4.79 Å². The van der Waals surface area contributed by atoms with E-state index in [0.717, 1.165) is 22.6 Å². The Hall–Kier alpha value is -2.40. The van der Waals surface area contributed by atoms with Crippen molar-refractivity contribution in [3.05, 3.63) is 52.5 Å². The topological polar surface area (TPSA) is 56.8 Å². The van der Waals surface area contributed by atoms with E-state index in [2.05, 4.69) is 5.32 Å². The molecule has 0 bridgehead atoms. The van der Waals surface area contributed by atoms with E-state index in [9.17, 15) is 4.79 Å². The van der Waals surface area contributed by atoms with Crippen molar-refractivity contribution < 1.29 is 19.0 Å². The molecule has 0 aromatic heterocycles. The maximum atomic E-state index is 12.1. The molecule has 1 amide bonds. The molecule has 0 saturated carbocycles. The van der Waals surface area contributed by atoms with Crippen LogP contribution in [0.15, 0.2) is 36.4 Å². The number of hydrogen-bond acceptors (Lipinski definition) is 4. The first-order valence-corrected chi connectivity index (χ1v) is 8.76. The second kappa shape index (κ2) is 9.34. The second-order valence-corrected chi connectivity index (χ2v) is 6.32. The third-order valence-electron chi connectivity index (χ3n) is 3.82. The van der Waals surface area contributed by atoms with Gasteiger partial charge in [0.05, 0.1) is 13.7 Å². The Labute approximate surface area is 159 Å². The van der Waals surface area contributed by atoms with E-state index in [-0.39, 0.29) is 5.91 Å². The molecule has 0 fully saturated rings. The highest BCUT2D eigenvalue weighted by Crippen LogP contribution is 2.26. The largest absolute Gasteiger partial charge is 0.497 e. The molecule has 0 saturated heterocycles. The fourth-order valence-corrected chi connectivity index (χ4v) is 2.50. The highest BCUT2D eigenvalue weighted by molar-refractivity contribution is 6.32. The molecular formula is C20H24ClNO4. The summed E-state index contributed by atoms with van der Waals surface area (Å²) in [5, 5.41) is 3.51. The molecule has 0 aliphatic heterocycles. The number of aryl methyl sites for hydroxylation is 2. The highest BCUT2D eigenvalue weighted by Gasteiger charge is 2.15. The summed E-state index contributed by atoms with van der Waals surface area (Å²) in [7, 11) is 1.61. The van der Waals surface area contributed by atoms with Crippen LogP contribution >= 0.6 is 11.6 Å². The number of rotatable bonds is 8. The van der Waals surface area contributed by atoms with Gasteiger partial charge in [-0.1, -0.05) is 11.6 Å². The lowest BCUT2D eigenvalue weighted by molar-refractivity contribution is -0.127. The number of halogens is 1. The lowest BCUT2D eigenvalue weighted by atomic mass is 10.1. The van der Waals surface area contributed by atoms with E-state index in [1.807, 2.05) is 50.2 Å². The van der Waals surface area contributed by atoms with Gasteiger partial charge < -0.3 is 19.5 Å². The average molecular weight is 378 g/mol. The Bertz CT molecular complexity index is 723. The number of benzene rings is 2. The van der Waals surface area contributed by atoms with E-state index in [4.69, 9.17) is 25.8 Å². The van der Waals surface area contributed by atoms with Crippen LogP contribution in [0.4, 0.5) is 0 Å². The zero-order valence-electron chi connectivity index (χ0n) is 15.5. The molecule has 2 aromatic carbocycles. The van der Waals surface area contributed by atoms with E-state index in [0.29, 0.717) is 23.9 Å². The third-order valence-corrected chi connectivity index (χ3v) is 4.42. The molecule has 0 aliphatic rings. The minimum absolute atomic E-state index is 0.200. The fraction of sp³-hybridized carbons (Fsp3) is 0.350. The van der Waals surface area contributed by atoms with Gasteiger partial charge in [-0.15, -0.1) is 0 Å². The van der Waals surface area contributed by atoms with Crippen LogP contribution in [0.3, 0.4) is 0 Å². The Kier molecular flexibility index (Phi) is 7.16. The van der Waals surface area contributed by atoms with Crippen LogP contribution in [0.2, 0.25) is 5.02 Å². The summed E-state index contributed by atoms with van der Waals surface area (Å²) >= 11 is 6.14. The van der Waals surface area contributed by atoms with E-state index < -0.39 is 6.10 Å². The predicted molar refractivity (Wildman–Crippen MR) is 103 cm³/mol. The van der Waals surface area contributed by atoms with Gasteiger partial charge in [0.1, 0.15) is 23.9 Å². The van der Waals surface area contributed by atoms with Gasteiger partial charge in [0, 0.05) is 5.02 Å². The Balaban J connectivity index is 1.76. The first-order valence-electron chi connectivity index (χ1n) is 8.38. The molecule has 0 radical (unpaired) electrons.